The van der Waals surface area contributed by atoms with Crippen LogP contribution in [0.15, 0.2) is 42.5 Å². The highest BCUT2D eigenvalue weighted by molar-refractivity contribution is 6.07. The van der Waals surface area contributed by atoms with Gasteiger partial charge in [-0.3, -0.25) is 9.59 Å². The second kappa shape index (κ2) is 4.87. The molecule has 0 radical (unpaired) electrons. The summed E-state index contributed by atoms with van der Waals surface area (Å²) in [5, 5.41) is 13.0. The first-order valence-corrected chi connectivity index (χ1v) is 5.61. The maximum Gasteiger partial charge on any atom is 0.325 e. The predicted molar refractivity (Wildman–Crippen MR) is 68.5 cm³/mol. The number of carboxylic acid groups (broad SMARTS) is 1. The SMILES string of the molecule is C[C@H](NC(=O)c1cccc2ccccc12)C(=O)O. The number of aliphatic carboxylic acids is 1. The molecule has 0 aliphatic rings. The van der Waals surface area contributed by atoms with E-state index in [1.54, 1.807) is 12.1 Å². The Morgan fingerprint density at radius 1 is 1.11 bits per heavy atom. The van der Waals surface area contributed by atoms with Crippen molar-refractivity contribution in [2.75, 3.05) is 0 Å². The Hall–Kier alpha value is -2.36. The number of carbonyl (C=O) groups is 2. The highest BCUT2D eigenvalue weighted by Gasteiger charge is 2.16. The van der Waals surface area contributed by atoms with Crippen LogP contribution in [0.1, 0.15) is 17.3 Å². The molecule has 2 N–H and O–H groups in total. The van der Waals surface area contributed by atoms with Crippen LogP contribution in [0.25, 0.3) is 10.8 Å². The molecule has 1 atom stereocenters. The van der Waals surface area contributed by atoms with Crippen LogP contribution in [-0.2, 0) is 4.79 Å². The number of nitrogens with one attached hydrogen (secondary N) is 1. The van der Waals surface area contributed by atoms with Gasteiger partial charge in [0.05, 0.1) is 0 Å². The highest BCUT2D eigenvalue weighted by atomic mass is 16.4. The molecular formula is C14H13NO3. The zero-order valence-corrected chi connectivity index (χ0v) is 9.88. The lowest BCUT2D eigenvalue weighted by Gasteiger charge is -2.10. The standard InChI is InChI=1S/C14H13NO3/c1-9(14(17)18)15-13(16)12-8-4-6-10-5-2-3-7-11(10)12/h2-9H,1H3,(H,15,16)(H,17,18)/t9-/m0/s1. The summed E-state index contributed by atoms with van der Waals surface area (Å²) in [6, 6.07) is 12.0. The van der Waals surface area contributed by atoms with Crippen LogP contribution >= 0.6 is 0 Å². The first-order valence-electron chi connectivity index (χ1n) is 5.61. The third-order valence-corrected chi connectivity index (χ3v) is 2.75. The van der Waals surface area contributed by atoms with Crippen LogP contribution in [-0.4, -0.2) is 23.0 Å². The lowest BCUT2D eigenvalue weighted by Crippen LogP contribution is -2.38. The van der Waals surface area contributed by atoms with Gasteiger partial charge in [-0.15, -0.1) is 0 Å². The monoisotopic (exact) mass is 243 g/mol. The van der Waals surface area contributed by atoms with Crippen LogP contribution < -0.4 is 5.32 Å². The molecule has 0 saturated heterocycles. The van der Waals surface area contributed by atoms with E-state index in [1.165, 1.54) is 6.92 Å². The maximum atomic E-state index is 12.0. The van der Waals surface area contributed by atoms with E-state index in [4.69, 9.17) is 5.11 Å². The Labute approximate surface area is 104 Å². The quantitative estimate of drug-likeness (QED) is 0.867. The fourth-order valence-electron chi connectivity index (χ4n) is 1.76. The summed E-state index contributed by atoms with van der Waals surface area (Å²) in [7, 11) is 0. The van der Waals surface area contributed by atoms with Gasteiger partial charge in [-0.2, -0.15) is 0 Å². The van der Waals surface area contributed by atoms with E-state index in [0.29, 0.717) is 5.56 Å². The van der Waals surface area contributed by atoms with Crippen molar-refractivity contribution in [2.45, 2.75) is 13.0 Å². The molecular weight excluding hydrogens is 230 g/mol. The molecule has 2 rings (SSSR count). The van der Waals surface area contributed by atoms with Crippen LogP contribution in [0.3, 0.4) is 0 Å². The molecule has 0 saturated carbocycles. The van der Waals surface area contributed by atoms with Gasteiger partial charge in [-0.1, -0.05) is 36.4 Å². The van der Waals surface area contributed by atoms with Crippen molar-refractivity contribution in [3.8, 4) is 0 Å². The average molecular weight is 243 g/mol. The summed E-state index contributed by atoms with van der Waals surface area (Å²) >= 11 is 0. The van der Waals surface area contributed by atoms with E-state index in [0.717, 1.165) is 10.8 Å². The van der Waals surface area contributed by atoms with E-state index >= 15 is 0 Å². The molecule has 0 fully saturated rings. The summed E-state index contributed by atoms with van der Waals surface area (Å²) in [4.78, 5) is 22.7. The Morgan fingerprint density at radius 3 is 2.50 bits per heavy atom. The van der Waals surface area contributed by atoms with Crippen molar-refractivity contribution in [1.82, 2.24) is 5.32 Å². The minimum Gasteiger partial charge on any atom is -0.480 e. The first-order chi connectivity index (χ1) is 8.59. The van der Waals surface area contributed by atoms with E-state index in [2.05, 4.69) is 5.32 Å². The summed E-state index contributed by atoms with van der Waals surface area (Å²) in [6.07, 6.45) is 0. The van der Waals surface area contributed by atoms with Crippen LogP contribution in [0.5, 0.6) is 0 Å². The van der Waals surface area contributed by atoms with E-state index < -0.39 is 12.0 Å². The molecule has 0 spiro atoms. The number of hydrogen-bond acceptors (Lipinski definition) is 2. The molecule has 2 aromatic carbocycles. The molecule has 18 heavy (non-hydrogen) atoms. The van der Waals surface area contributed by atoms with E-state index in [-0.39, 0.29) is 5.91 Å². The number of rotatable bonds is 3. The third-order valence-electron chi connectivity index (χ3n) is 2.75. The van der Waals surface area contributed by atoms with E-state index in [1.807, 2.05) is 30.3 Å². The maximum absolute atomic E-state index is 12.0. The summed E-state index contributed by atoms with van der Waals surface area (Å²) in [5.74, 6) is -1.43. The fourth-order valence-corrected chi connectivity index (χ4v) is 1.76. The first kappa shape index (κ1) is 12.1. The molecule has 0 bridgehead atoms. The molecule has 0 aliphatic heterocycles. The highest BCUT2D eigenvalue weighted by Crippen LogP contribution is 2.18. The van der Waals surface area contributed by atoms with Gasteiger partial charge < -0.3 is 10.4 Å². The minimum absolute atomic E-state index is 0.373. The number of amides is 1. The van der Waals surface area contributed by atoms with Crippen LogP contribution in [0, 0.1) is 0 Å². The van der Waals surface area contributed by atoms with Crippen molar-refractivity contribution in [3.63, 3.8) is 0 Å². The predicted octanol–water partition coefficient (Wildman–Crippen LogP) is 2.04. The molecule has 4 heteroatoms. The van der Waals surface area contributed by atoms with Crippen LogP contribution in [0.4, 0.5) is 0 Å². The zero-order chi connectivity index (χ0) is 13.1. The van der Waals surface area contributed by atoms with Crippen molar-refractivity contribution in [1.29, 1.82) is 0 Å². The Kier molecular flexibility index (Phi) is 3.28. The van der Waals surface area contributed by atoms with Gasteiger partial charge in [0.25, 0.3) is 5.91 Å². The minimum atomic E-state index is -1.05. The second-order valence-electron chi connectivity index (χ2n) is 4.06. The molecule has 4 nitrogen and oxygen atoms in total. The molecule has 0 heterocycles. The summed E-state index contributed by atoms with van der Waals surface area (Å²) < 4.78 is 0. The molecule has 0 aromatic heterocycles. The van der Waals surface area contributed by atoms with Crippen molar-refractivity contribution in [2.24, 2.45) is 0 Å². The van der Waals surface area contributed by atoms with Gasteiger partial charge >= 0.3 is 5.97 Å². The number of hydrogen-bond donors (Lipinski definition) is 2. The van der Waals surface area contributed by atoms with E-state index in [9.17, 15) is 9.59 Å². The molecule has 0 aliphatic carbocycles. The van der Waals surface area contributed by atoms with Gasteiger partial charge in [-0.05, 0) is 23.8 Å². The van der Waals surface area contributed by atoms with Gasteiger partial charge in [0.15, 0.2) is 0 Å². The van der Waals surface area contributed by atoms with Gasteiger partial charge in [0.2, 0.25) is 0 Å². The zero-order valence-electron chi connectivity index (χ0n) is 9.88. The normalized spacial score (nSPS) is 12.1. The van der Waals surface area contributed by atoms with Gasteiger partial charge in [0, 0.05) is 5.56 Å². The second-order valence-corrected chi connectivity index (χ2v) is 4.06. The fraction of sp³-hybridized carbons (Fsp3) is 0.143. The summed E-state index contributed by atoms with van der Waals surface area (Å²) in [5.41, 5.74) is 0.487. The number of fused-ring (bicyclic) bond motifs is 1. The third kappa shape index (κ3) is 2.32. The van der Waals surface area contributed by atoms with Crippen molar-refractivity contribution in [3.05, 3.63) is 48.0 Å². The molecule has 1 amide bonds. The topological polar surface area (TPSA) is 66.4 Å². The summed E-state index contributed by atoms with van der Waals surface area (Å²) in [6.45, 7) is 1.44. The lowest BCUT2D eigenvalue weighted by molar-refractivity contribution is -0.138. The largest absolute Gasteiger partial charge is 0.480 e. The Bertz CT molecular complexity index is 602. The molecule has 92 valence electrons. The average Bonchev–Trinajstić information content (AvgIpc) is 2.37. The lowest BCUT2D eigenvalue weighted by atomic mass is 10.0. The smallest absolute Gasteiger partial charge is 0.325 e. The Morgan fingerprint density at radius 2 is 1.78 bits per heavy atom. The number of carboxylic acids is 1. The van der Waals surface area contributed by atoms with Crippen LogP contribution in [0.2, 0.25) is 0 Å². The molecule has 2 aromatic rings. The van der Waals surface area contributed by atoms with Crippen molar-refractivity contribution < 1.29 is 14.7 Å². The molecule has 0 unspecified atom stereocenters. The number of benzene rings is 2. The van der Waals surface area contributed by atoms with Gasteiger partial charge in [-0.25, -0.2) is 0 Å². The van der Waals surface area contributed by atoms with Crippen molar-refractivity contribution >= 4 is 22.6 Å². The van der Waals surface area contributed by atoms with Gasteiger partial charge in [0.1, 0.15) is 6.04 Å². The Balaban J connectivity index is 2.36. The number of carbonyl (C=O) groups excluding carboxylic acids is 1.